The van der Waals surface area contributed by atoms with Gasteiger partial charge < -0.3 is 19.5 Å². The molecule has 0 aliphatic carbocycles. The number of hydrogen-bond acceptors (Lipinski definition) is 7. The van der Waals surface area contributed by atoms with Gasteiger partial charge in [0, 0.05) is 31.1 Å². The van der Waals surface area contributed by atoms with Crippen molar-refractivity contribution in [3.8, 4) is 17.4 Å². The van der Waals surface area contributed by atoms with Crippen molar-refractivity contribution in [3.63, 3.8) is 0 Å². The molecule has 9 nitrogen and oxygen atoms in total. The Morgan fingerprint density at radius 1 is 1.06 bits per heavy atom. The molecule has 1 aliphatic heterocycles. The summed E-state index contributed by atoms with van der Waals surface area (Å²) in [4.78, 5) is 16.5. The summed E-state index contributed by atoms with van der Waals surface area (Å²) in [5.74, 6) is 1.13. The van der Waals surface area contributed by atoms with E-state index in [1.165, 1.54) is 25.4 Å². The standard InChI is InChI=1S/C24H25N3O6S/c1-31-19-9-11-22(12-10-19)34(29,30)27-18-5-7-20(8-6-18)33-23-13-4-17(15-25-23)24(28)26-16-21-3-2-14-32-21/h4-13,15,21,27H,2-3,14,16H2,1H3,(H,26,28)/t21-/m0/s1. The van der Waals surface area contributed by atoms with Gasteiger partial charge in [0.05, 0.1) is 23.7 Å². The van der Waals surface area contributed by atoms with E-state index in [-0.39, 0.29) is 16.9 Å². The topological polar surface area (TPSA) is 116 Å². The quantitative estimate of drug-likeness (QED) is 0.478. The van der Waals surface area contributed by atoms with Crippen LogP contribution in [-0.2, 0) is 14.8 Å². The van der Waals surface area contributed by atoms with Gasteiger partial charge in [0.15, 0.2) is 0 Å². The van der Waals surface area contributed by atoms with E-state index in [0.29, 0.717) is 35.2 Å². The van der Waals surface area contributed by atoms with E-state index in [9.17, 15) is 13.2 Å². The van der Waals surface area contributed by atoms with E-state index in [2.05, 4.69) is 15.0 Å². The lowest BCUT2D eigenvalue weighted by atomic mass is 10.2. The van der Waals surface area contributed by atoms with Gasteiger partial charge in [-0.05, 0) is 67.4 Å². The molecule has 10 heteroatoms. The largest absolute Gasteiger partial charge is 0.497 e. The Hall–Kier alpha value is -3.63. The molecular formula is C24H25N3O6S. The van der Waals surface area contributed by atoms with Gasteiger partial charge in [0.2, 0.25) is 5.88 Å². The van der Waals surface area contributed by atoms with Gasteiger partial charge >= 0.3 is 0 Å². The van der Waals surface area contributed by atoms with Gasteiger partial charge in [-0.3, -0.25) is 9.52 Å². The molecule has 0 unspecified atom stereocenters. The Balaban J connectivity index is 1.32. The summed E-state index contributed by atoms with van der Waals surface area (Å²) in [7, 11) is -2.22. The molecule has 0 spiro atoms. The molecule has 3 aromatic rings. The number of rotatable bonds is 9. The molecule has 1 atom stereocenters. The summed E-state index contributed by atoms with van der Waals surface area (Å²) in [6, 6.07) is 15.7. The number of nitrogens with one attached hydrogen (secondary N) is 2. The zero-order valence-electron chi connectivity index (χ0n) is 18.6. The second kappa shape index (κ2) is 10.5. The number of sulfonamides is 1. The molecule has 0 radical (unpaired) electrons. The first-order valence-electron chi connectivity index (χ1n) is 10.7. The predicted molar refractivity (Wildman–Crippen MR) is 126 cm³/mol. The van der Waals surface area contributed by atoms with Crippen molar-refractivity contribution in [2.45, 2.75) is 23.8 Å². The summed E-state index contributed by atoms with van der Waals surface area (Å²) in [6.45, 7) is 1.22. The van der Waals surface area contributed by atoms with E-state index in [1.807, 2.05) is 0 Å². The van der Waals surface area contributed by atoms with Crippen LogP contribution in [0.4, 0.5) is 5.69 Å². The lowest BCUT2D eigenvalue weighted by molar-refractivity contribution is 0.0857. The molecule has 4 rings (SSSR count). The fourth-order valence-electron chi connectivity index (χ4n) is 3.37. The molecule has 2 heterocycles. The highest BCUT2D eigenvalue weighted by atomic mass is 32.2. The van der Waals surface area contributed by atoms with Crippen molar-refractivity contribution in [1.29, 1.82) is 0 Å². The smallest absolute Gasteiger partial charge is 0.261 e. The number of pyridine rings is 1. The Morgan fingerprint density at radius 2 is 1.79 bits per heavy atom. The molecular weight excluding hydrogens is 458 g/mol. The van der Waals surface area contributed by atoms with Crippen molar-refractivity contribution < 1.29 is 27.4 Å². The third-order valence-corrected chi connectivity index (χ3v) is 6.61. The zero-order valence-corrected chi connectivity index (χ0v) is 19.4. The highest BCUT2D eigenvalue weighted by Gasteiger charge is 2.17. The fraction of sp³-hybridized carbons (Fsp3) is 0.250. The first-order chi connectivity index (χ1) is 16.4. The van der Waals surface area contributed by atoms with Crippen LogP contribution in [0.2, 0.25) is 0 Å². The van der Waals surface area contributed by atoms with Crippen molar-refractivity contribution >= 4 is 21.6 Å². The number of aromatic nitrogens is 1. The number of anilines is 1. The second-order valence-corrected chi connectivity index (χ2v) is 9.32. The number of ether oxygens (including phenoxy) is 3. The van der Waals surface area contributed by atoms with Crippen LogP contribution < -0.4 is 19.5 Å². The van der Waals surface area contributed by atoms with Gasteiger partial charge in [-0.15, -0.1) is 0 Å². The van der Waals surface area contributed by atoms with Crippen molar-refractivity contribution in [2.24, 2.45) is 0 Å². The van der Waals surface area contributed by atoms with Crippen LogP contribution >= 0.6 is 0 Å². The summed E-state index contributed by atoms with van der Waals surface area (Å²) in [5, 5.41) is 2.85. The highest BCUT2D eigenvalue weighted by molar-refractivity contribution is 7.92. The van der Waals surface area contributed by atoms with Crippen LogP contribution in [0.25, 0.3) is 0 Å². The number of benzene rings is 2. The molecule has 1 aliphatic rings. The molecule has 0 saturated carbocycles. The summed E-state index contributed by atoms with van der Waals surface area (Å²) in [5.41, 5.74) is 0.808. The monoisotopic (exact) mass is 483 g/mol. The zero-order chi connectivity index (χ0) is 24.0. The number of amides is 1. The number of carbonyl (C=O) groups excluding carboxylic acids is 1. The van der Waals surface area contributed by atoms with Crippen LogP contribution in [-0.4, -0.2) is 45.7 Å². The van der Waals surface area contributed by atoms with Crippen LogP contribution in [0.1, 0.15) is 23.2 Å². The van der Waals surface area contributed by atoms with Gasteiger partial charge in [-0.1, -0.05) is 0 Å². The fourth-order valence-corrected chi connectivity index (χ4v) is 4.43. The Bertz CT molecular complexity index is 1210. The Kier molecular flexibility index (Phi) is 7.29. The summed E-state index contributed by atoms with van der Waals surface area (Å²) < 4.78 is 43.9. The molecule has 1 amide bonds. The number of methoxy groups -OCH3 is 1. The van der Waals surface area contributed by atoms with E-state index >= 15 is 0 Å². The lowest BCUT2D eigenvalue weighted by Crippen LogP contribution is -2.31. The molecule has 1 aromatic heterocycles. The van der Waals surface area contributed by atoms with Crippen molar-refractivity contribution in [2.75, 3.05) is 25.0 Å². The van der Waals surface area contributed by atoms with E-state index < -0.39 is 10.0 Å². The molecule has 1 saturated heterocycles. The second-order valence-electron chi connectivity index (χ2n) is 7.64. The van der Waals surface area contributed by atoms with Crippen LogP contribution in [0.5, 0.6) is 17.4 Å². The lowest BCUT2D eigenvalue weighted by Gasteiger charge is -2.11. The first-order valence-corrected chi connectivity index (χ1v) is 12.2. The average molecular weight is 484 g/mol. The molecule has 0 bridgehead atoms. The minimum Gasteiger partial charge on any atom is -0.497 e. The average Bonchev–Trinajstić information content (AvgIpc) is 3.38. The maximum absolute atomic E-state index is 12.6. The predicted octanol–water partition coefficient (Wildman–Crippen LogP) is 3.59. The number of nitrogens with zero attached hydrogens (tertiary/aromatic N) is 1. The maximum atomic E-state index is 12.6. The SMILES string of the molecule is COc1ccc(S(=O)(=O)Nc2ccc(Oc3ccc(C(=O)NC[C@@H]4CCCO4)cn3)cc2)cc1. The normalized spacial score (nSPS) is 15.5. The number of hydrogen-bond donors (Lipinski definition) is 2. The van der Waals surface area contributed by atoms with E-state index in [1.54, 1.807) is 48.5 Å². The van der Waals surface area contributed by atoms with Crippen molar-refractivity contribution in [1.82, 2.24) is 10.3 Å². The van der Waals surface area contributed by atoms with Crippen LogP contribution in [0, 0.1) is 0 Å². The van der Waals surface area contributed by atoms with E-state index in [4.69, 9.17) is 14.2 Å². The minimum absolute atomic E-state index is 0.0724. The van der Waals surface area contributed by atoms with Gasteiger partial charge in [-0.2, -0.15) is 0 Å². The number of carbonyl (C=O) groups is 1. The van der Waals surface area contributed by atoms with E-state index in [0.717, 1.165) is 19.4 Å². The summed E-state index contributed by atoms with van der Waals surface area (Å²) >= 11 is 0. The maximum Gasteiger partial charge on any atom is 0.261 e. The first kappa shape index (κ1) is 23.5. The van der Waals surface area contributed by atoms with Crippen LogP contribution in [0.15, 0.2) is 71.8 Å². The van der Waals surface area contributed by atoms with Gasteiger partial charge in [0.25, 0.3) is 15.9 Å². The Labute approximate surface area is 198 Å². The molecule has 2 aromatic carbocycles. The van der Waals surface area contributed by atoms with Gasteiger partial charge in [-0.25, -0.2) is 13.4 Å². The summed E-state index contributed by atoms with van der Waals surface area (Å²) in [6.07, 6.45) is 3.48. The van der Waals surface area contributed by atoms with Crippen LogP contribution in [0.3, 0.4) is 0 Å². The van der Waals surface area contributed by atoms with Crippen molar-refractivity contribution in [3.05, 3.63) is 72.4 Å². The van der Waals surface area contributed by atoms with Gasteiger partial charge in [0.1, 0.15) is 11.5 Å². The third kappa shape index (κ3) is 6.03. The molecule has 34 heavy (non-hydrogen) atoms. The Morgan fingerprint density at radius 3 is 2.41 bits per heavy atom. The molecule has 2 N–H and O–H groups in total. The molecule has 1 fully saturated rings. The highest BCUT2D eigenvalue weighted by Crippen LogP contribution is 2.24. The molecule has 178 valence electrons. The third-order valence-electron chi connectivity index (χ3n) is 5.21. The minimum atomic E-state index is -3.74.